The van der Waals surface area contributed by atoms with Crippen LogP contribution in [0.3, 0.4) is 0 Å². The van der Waals surface area contributed by atoms with Gasteiger partial charge in [0, 0.05) is 12.5 Å². The Kier molecular flexibility index (Phi) is 3.62. The molecule has 1 aromatic heterocycles. The minimum Gasteiger partial charge on any atom is -0.421 e. The lowest BCUT2D eigenvalue weighted by molar-refractivity contribution is 0.533. The van der Waals surface area contributed by atoms with Crippen LogP contribution in [0.4, 0.5) is 0 Å². The summed E-state index contributed by atoms with van der Waals surface area (Å²) in [7, 11) is 0. The van der Waals surface area contributed by atoms with Crippen molar-refractivity contribution in [2.24, 2.45) is 0 Å². The van der Waals surface area contributed by atoms with E-state index in [1.807, 2.05) is 12.1 Å². The lowest BCUT2D eigenvalue weighted by Gasteiger charge is -2.09. The van der Waals surface area contributed by atoms with Crippen LogP contribution in [0.1, 0.15) is 22.6 Å². The summed E-state index contributed by atoms with van der Waals surface area (Å²) in [4.78, 5) is 0. The van der Waals surface area contributed by atoms with Gasteiger partial charge in [-0.15, -0.1) is 10.2 Å². The Morgan fingerprint density at radius 2 is 1.54 bits per heavy atom. The zero-order valence-electron chi connectivity index (χ0n) is 13.8. The van der Waals surface area contributed by atoms with Crippen LogP contribution < -0.4 is 0 Å². The molecule has 0 aliphatic heterocycles. The van der Waals surface area contributed by atoms with Crippen molar-refractivity contribution in [1.82, 2.24) is 10.2 Å². The lowest BCUT2D eigenvalue weighted by atomic mass is 9.95. The second-order valence-electron chi connectivity index (χ2n) is 6.09. The maximum Gasteiger partial charge on any atom is 0.247 e. The molecule has 0 N–H and O–H groups in total. The third-order valence-corrected chi connectivity index (χ3v) is 4.35. The molecule has 4 aromatic rings. The molecule has 0 aliphatic rings. The number of hydrogen-bond donors (Lipinski definition) is 0. The molecular formula is C21H18N2O. The fraction of sp³-hybridized carbons (Fsp3) is 0.143. The second-order valence-corrected chi connectivity index (χ2v) is 6.09. The van der Waals surface area contributed by atoms with Crippen molar-refractivity contribution in [2.75, 3.05) is 0 Å². The van der Waals surface area contributed by atoms with Crippen LogP contribution in [-0.4, -0.2) is 10.2 Å². The van der Waals surface area contributed by atoms with Crippen LogP contribution in [0.25, 0.3) is 22.2 Å². The highest BCUT2D eigenvalue weighted by Crippen LogP contribution is 2.25. The molecule has 0 spiro atoms. The number of benzene rings is 3. The van der Waals surface area contributed by atoms with E-state index in [1.54, 1.807) is 6.92 Å². The summed E-state index contributed by atoms with van der Waals surface area (Å²) >= 11 is 0. The van der Waals surface area contributed by atoms with Crippen molar-refractivity contribution in [3.8, 4) is 11.5 Å². The molecule has 0 radical (unpaired) electrons. The van der Waals surface area contributed by atoms with Gasteiger partial charge in [-0.25, -0.2) is 0 Å². The van der Waals surface area contributed by atoms with Crippen LogP contribution in [0.2, 0.25) is 0 Å². The third kappa shape index (κ3) is 2.69. The molecule has 1 heterocycles. The van der Waals surface area contributed by atoms with Gasteiger partial charge in [-0.2, -0.15) is 0 Å². The predicted molar refractivity (Wildman–Crippen MR) is 96.0 cm³/mol. The van der Waals surface area contributed by atoms with E-state index in [4.69, 9.17) is 4.42 Å². The third-order valence-electron chi connectivity index (χ3n) is 4.35. The predicted octanol–water partition coefficient (Wildman–Crippen LogP) is 5.10. The fourth-order valence-corrected chi connectivity index (χ4v) is 3.06. The van der Waals surface area contributed by atoms with E-state index in [0.29, 0.717) is 11.8 Å². The molecule has 3 heteroatoms. The highest BCUT2D eigenvalue weighted by Gasteiger charge is 2.07. The van der Waals surface area contributed by atoms with Crippen LogP contribution in [0.15, 0.2) is 65.1 Å². The van der Waals surface area contributed by atoms with Gasteiger partial charge in [0.15, 0.2) is 0 Å². The molecule has 0 fully saturated rings. The van der Waals surface area contributed by atoms with Gasteiger partial charge in [0.2, 0.25) is 11.8 Å². The highest BCUT2D eigenvalue weighted by molar-refractivity contribution is 5.88. The molecule has 0 atom stereocenters. The van der Waals surface area contributed by atoms with E-state index in [2.05, 4.69) is 65.7 Å². The number of fused-ring (bicyclic) bond motifs is 1. The van der Waals surface area contributed by atoms with Crippen LogP contribution in [-0.2, 0) is 6.42 Å². The monoisotopic (exact) mass is 314 g/mol. The van der Waals surface area contributed by atoms with E-state index >= 15 is 0 Å². The Hall–Kier alpha value is -2.94. The van der Waals surface area contributed by atoms with Crippen molar-refractivity contribution in [1.29, 1.82) is 0 Å². The molecule has 0 aliphatic carbocycles. The lowest BCUT2D eigenvalue weighted by Crippen LogP contribution is -1.91. The van der Waals surface area contributed by atoms with Crippen LogP contribution in [0.5, 0.6) is 0 Å². The molecule has 118 valence electrons. The maximum atomic E-state index is 5.48. The molecule has 3 nitrogen and oxygen atoms in total. The smallest absolute Gasteiger partial charge is 0.247 e. The number of rotatable bonds is 3. The van der Waals surface area contributed by atoms with Crippen molar-refractivity contribution in [2.45, 2.75) is 20.3 Å². The van der Waals surface area contributed by atoms with E-state index in [-0.39, 0.29) is 0 Å². The van der Waals surface area contributed by atoms with Gasteiger partial charge in [0.05, 0.1) is 0 Å². The Labute approximate surface area is 141 Å². The Balaban J connectivity index is 1.65. The molecular weight excluding hydrogens is 296 g/mol. The number of aryl methyl sites for hydroxylation is 2. The first-order chi connectivity index (χ1) is 11.7. The van der Waals surface area contributed by atoms with Gasteiger partial charge < -0.3 is 4.42 Å². The fourth-order valence-electron chi connectivity index (χ4n) is 3.06. The first-order valence-electron chi connectivity index (χ1n) is 8.07. The molecule has 3 aromatic carbocycles. The maximum absolute atomic E-state index is 5.48. The summed E-state index contributed by atoms with van der Waals surface area (Å²) in [5.41, 5.74) is 4.88. The van der Waals surface area contributed by atoms with Gasteiger partial charge >= 0.3 is 0 Å². The standard InChI is InChI=1S/C21H18N2O/c1-14-7-10-18(20-6-4-3-5-19(14)20)13-16-8-11-17(12-9-16)21-23-22-15(2)24-21/h3-12H,13H2,1-2H3. The first kappa shape index (κ1) is 14.6. The van der Waals surface area contributed by atoms with Crippen LogP contribution in [0, 0.1) is 13.8 Å². The number of nitrogens with zero attached hydrogens (tertiary/aromatic N) is 2. The van der Waals surface area contributed by atoms with Gasteiger partial charge in [0.1, 0.15) is 0 Å². The summed E-state index contributed by atoms with van der Waals surface area (Å²) < 4.78 is 5.48. The van der Waals surface area contributed by atoms with Gasteiger partial charge in [-0.3, -0.25) is 0 Å². The highest BCUT2D eigenvalue weighted by atomic mass is 16.4. The Bertz CT molecular complexity index is 1000. The summed E-state index contributed by atoms with van der Waals surface area (Å²) in [6, 6.07) is 21.4. The molecule has 0 saturated carbocycles. The molecule has 0 unspecified atom stereocenters. The zero-order valence-corrected chi connectivity index (χ0v) is 13.8. The molecule has 0 amide bonds. The van der Waals surface area contributed by atoms with Crippen molar-refractivity contribution in [3.63, 3.8) is 0 Å². The van der Waals surface area contributed by atoms with Gasteiger partial charge in [0.25, 0.3) is 0 Å². The normalized spacial score (nSPS) is 11.1. The summed E-state index contributed by atoms with van der Waals surface area (Å²) in [5, 5.41) is 10.6. The second kappa shape index (κ2) is 5.93. The Morgan fingerprint density at radius 3 is 2.25 bits per heavy atom. The topological polar surface area (TPSA) is 38.9 Å². The largest absolute Gasteiger partial charge is 0.421 e. The van der Waals surface area contributed by atoms with E-state index in [0.717, 1.165) is 12.0 Å². The average molecular weight is 314 g/mol. The summed E-state index contributed by atoms with van der Waals surface area (Å²) in [6.07, 6.45) is 0.907. The minimum absolute atomic E-state index is 0.569. The Morgan fingerprint density at radius 1 is 0.792 bits per heavy atom. The number of aromatic nitrogens is 2. The summed E-state index contributed by atoms with van der Waals surface area (Å²) in [6.45, 7) is 3.96. The van der Waals surface area contributed by atoms with E-state index < -0.39 is 0 Å². The van der Waals surface area contributed by atoms with Crippen molar-refractivity contribution in [3.05, 3.63) is 83.2 Å². The molecule has 0 bridgehead atoms. The molecule has 0 saturated heterocycles. The molecule has 24 heavy (non-hydrogen) atoms. The van der Waals surface area contributed by atoms with Crippen molar-refractivity contribution < 1.29 is 4.42 Å². The van der Waals surface area contributed by atoms with Crippen LogP contribution >= 0.6 is 0 Å². The zero-order chi connectivity index (χ0) is 16.5. The van der Waals surface area contributed by atoms with Gasteiger partial charge in [-0.05, 0) is 52.9 Å². The molecule has 4 rings (SSSR count). The number of hydrogen-bond acceptors (Lipinski definition) is 3. The first-order valence-corrected chi connectivity index (χ1v) is 8.07. The average Bonchev–Trinajstić information content (AvgIpc) is 3.05. The summed E-state index contributed by atoms with van der Waals surface area (Å²) in [5.74, 6) is 1.15. The minimum atomic E-state index is 0.569. The SMILES string of the molecule is Cc1nnc(-c2ccc(Cc3ccc(C)c4ccccc34)cc2)o1. The van der Waals surface area contributed by atoms with Gasteiger partial charge in [-0.1, -0.05) is 48.5 Å². The van der Waals surface area contributed by atoms with E-state index in [1.165, 1.54) is 27.5 Å². The van der Waals surface area contributed by atoms with E-state index in [9.17, 15) is 0 Å². The van der Waals surface area contributed by atoms with Crippen molar-refractivity contribution >= 4 is 10.8 Å². The quantitative estimate of drug-likeness (QED) is 0.528.